The molecule has 2 aromatic rings. The Balaban J connectivity index is 2.45. The Kier molecular flexibility index (Phi) is 1.77. The molecule has 0 saturated heterocycles. The number of aryl methyl sites for hydroxylation is 1. The summed E-state index contributed by atoms with van der Waals surface area (Å²) in [6, 6.07) is 6.09. The predicted octanol–water partition coefficient (Wildman–Crippen LogP) is 4.15. The van der Waals surface area contributed by atoms with E-state index in [0.717, 1.165) is 28.7 Å². The first-order valence-corrected chi connectivity index (χ1v) is 5.52. The van der Waals surface area contributed by atoms with Crippen molar-refractivity contribution in [1.82, 2.24) is 0 Å². The molecule has 0 bridgehead atoms. The van der Waals surface area contributed by atoms with Gasteiger partial charge in [0, 0.05) is 15.4 Å². The minimum atomic E-state index is 0.982. The summed E-state index contributed by atoms with van der Waals surface area (Å²) in [5.41, 5.74) is 2.32. The van der Waals surface area contributed by atoms with E-state index in [1.54, 1.807) is 0 Å². The zero-order valence-corrected chi connectivity index (χ0v) is 9.17. The molecule has 3 rings (SSSR count). The van der Waals surface area contributed by atoms with Crippen LogP contribution >= 0.6 is 15.9 Å². The molecule has 0 unspecified atom stereocenters. The average Bonchev–Trinajstić information content (AvgIpc) is 2.57. The Bertz CT molecular complexity index is 522. The second-order valence-electron chi connectivity index (χ2n) is 3.50. The fourth-order valence-electron chi connectivity index (χ4n) is 1.99. The highest BCUT2D eigenvalue weighted by atomic mass is 79.9. The van der Waals surface area contributed by atoms with Crippen LogP contribution in [0.2, 0.25) is 0 Å². The SMILES string of the molecule is Brc1cccc2oc3c(c12)CCC=C3. The second kappa shape index (κ2) is 2.99. The maximum Gasteiger partial charge on any atom is 0.136 e. The van der Waals surface area contributed by atoms with Gasteiger partial charge in [0.25, 0.3) is 0 Å². The molecule has 1 aliphatic rings. The smallest absolute Gasteiger partial charge is 0.136 e. The maximum absolute atomic E-state index is 5.75. The highest BCUT2D eigenvalue weighted by Crippen LogP contribution is 2.35. The van der Waals surface area contributed by atoms with Crippen LogP contribution in [-0.2, 0) is 6.42 Å². The van der Waals surface area contributed by atoms with Crippen molar-refractivity contribution in [2.75, 3.05) is 0 Å². The molecular weight excluding hydrogens is 240 g/mol. The molecule has 1 nitrogen and oxygen atoms in total. The van der Waals surface area contributed by atoms with E-state index in [0.29, 0.717) is 0 Å². The summed E-state index contributed by atoms with van der Waals surface area (Å²) in [6.45, 7) is 0. The van der Waals surface area contributed by atoms with Crippen molar-refractivity contribution < 1.29 is 4.42 Å². The summed E-state index contributed by atoms with van der Waals surface area (Å²) in [6.07, 6.45) is 6.44. The molecule has 0 radical (unpaired) electrons. The van der Waals surface area contributed by atoms with Crippen LogP contribution in [0.4, 0.5) is 0 Å². The molecule has 0 fully saturated rings. The van der Waals surface area contributed by atoms with Crippen LogP contribution in [0.5, 0.6) is 0 Å². The van der Waals surface area contributed by atoms with Crippen molar-refractivity contribution in [1.29, 1.82) is 0 Å². The Labute approximate surface area is 90.5 Å². The molecule has 0 atom stereocenters. The molecule has 0 aliphatic heterocycles. The lowest BCUT2D eigenvalue weighted by Gasteiger charge is -2.02. The molecule has 0 spiro atoms. The van der Waals surface area contributed by atoms with Crippen molar-refractivity contribution in [3.63, 3.8) is 0 Å². The van der Waals surface area contributed by atoms with Crippen LogP contribution in [0.3, 0.4) is 0 Å². The van der Waals surface area contributed by atoms with Crippen LogP contribution < -0.4 is 0 Å². The number of benzene rings is 1. The first-order chi connectivity index (χ1) is 6.86. The zero-order chi connectivity index (χ0) is 9.54. The van der Waals surface area contributed by atoms with Gasteiger partial charge in [0.2, 0.25) is 0 Å². The standard InChI is InChI=1S/C12H9BrO/c13-9-5-3-7-11-12(9)8-4-1-2-6-10(8)14-11/h2-3,5-7H,1,4H2. The van der Waals surface area contributed by atoms with Gasteiger partial charge in [-0.3, -0.25) is 0 Å². The highest BCUT2D eigenvalue weighted by Gasteiger charge is 2.15. The molecule has 1 aromatic heterocycles. The van der Waals surface area contributed by atoms with Gasteiger partial charge in [0.1, 0.15) is 11.3 Å². The minimum absolute atomic E-state index is 0.982. The summed E-state index contributed by atoms with van der Waals surface area (Å²) >= 11 is 3.57. The number of furan rings is 1. The van der Waals surface area contributed by atoms with Crippen molar-refractivity contribution in [3.8, 4) is 0 Å². The van der Waals surface area contributed by atoms with Crippen LogP contribution in [0, 0.1) is 0 Å². The third-order valence-corrected chi connectivity index (χ3v) is 3.29. The molecule has 2 heteroatoms. The van der Waals surface area contributed by atoms with Crippen LogP contribution in [-0.4, -0.2) is 0 Å². The molecule has 1 heterocycles. The number of allylic oxidation sites excluding steroid dienone is 1. The van der Waals surface area contributed by atoms with E-state index in [-0.39, 0.29) is 0 Å². The van der Waals surface area contributed by atoms with E-state index in [1.807, 2.05) is 12.1 Å². The minimum Gasteiger partial charge on any atom is -0.456 e. The summed E-state index contributed by atoms with van der Waals surface area (Å²) < 4.78 is 6.89. The Morgan fingerprint density at radius 3 is 3.14 bits per heavy atom. The van der Waals surface area contributed by atoms with Gasteiger partial charge in [-0.2, -0.15) is 0 Å². The maximum atomic E-state index is 5.75. The van der Waals surface area contributed by atoms with Gasteiger partial charge >= 0.3 is 0 Å². The number of rotatable bonds is 0. The van der Waals surface area contributed by atoms with Gasteiger partial charge < -0.3 is 4.42 Å². The Hall–Kier alpha value is -1.02. The molecular formula is C12H9BrO. The molecule has 14 heavy (non-hydrogen) atoms. The molecule has 70 valence electrons. The van der Waals surface area contributed by atoms with E-state index in [9.17, 15) is 0 Å². The number of fused-ring (bicyclic) bond motifs is 3. The topological polar surface area (TPSA) is 13.1 Å². The van der Waals surface area contributed by atoms with Gasteiger partial charge in [-0.15, -0.1) is 0 Å². The van der Waals surface area contributed by atoms with Crippen molar-refractivity contribution in [2.45, 2.75) is 12.8 Å². The fraction of sp³-hybridized carbons (Fsp3) is 0.167. The van der Waals surface area contributed by atoms with E-state index in [1.165, 1.54) is 10.9 Å². The summed E-state index contributed by atoms with van der Waals surface area (Å²) in [7, 11) is 0. The Morgan fingerprint density at radius 2 is 2.21 bits per heavy atom. The van der Waals surface area contributed by atoms with Crippen LogP contribution in [0.25, 0.3) is 17.0 Å². The molecule has 1 aliphatic carbocycles. The fourth-order valence-corrected chi connectivity index (χ4v) is 2.57. The van der Waals surface area contributed by atoms with Crippen molar-refractivity contribution in [2.24, 2.45) is 0 Å². The van der Waals surface area contributed by atoms with Gasteiger partial charge in [0.05, 0.1) is 0 Å². The number of halogens is 1. The van der Waals surface area contributed by atoms with Gasteiger partial charge in [-0.1, -0.05) is 28.1 Å². The van der Waals surface area contributed by atoms with Gasteiger partial charge in [-0.05, 0) is 31.1 Å². The molecule has 0 N–H and O–H groups in total. The third-order valence-electron chi connectivity index (χ3n) is 2.62. The lowest BCUT2D eigenvalue weighted by Crippen LogP contribution is -1.89. The zero-order valence-electron chi connectivity index (χ0n) is 7.59. The van der Waals surface area contributed by atoms with E-state index in [4.69, 9.17) is 4.42 Å². The van der Waals surface area contributed by atoms with E-state index < -0.39 is 0 Å². The Morgan fingerprint density at radius 1 is 1.29 bits per heavy atom. The first-order valence-electron chi connectivity index (χ1n) is 4.73. The average molecular weight is 249 g/mol. The lowest BCUT2D eigenvalue weighted by molar-refractivity contribution is 0.595. The summed E-state index contributed by atoms with van der Waals surface area (Å²) in [5, 5.41) is 1.24. The number of hydrogen-bond donors (Lipinski definition) is 0. The monoisotopic (exact) mass is 248 g/mol. The third kappa shape index (κ3) is 1.07. The second-order valence-corrected chi connectivity index (χ2v) is 4.35. The van der Waals surface area contributed by atoms with E-state index >= 15 is 0 Å². The molecule has 1 aromatic carbocycles. The quantitative estimate of drug-likeness (QED) is 0.683. The van der Waals surface area contributed by atoms with Crippen LogP contribution in [0.15, 0.2) is 33.2 Å². The van der Waals surface area contributed by atoms with E-state index in [2.05, 4.69) is 34.1 Å². The van der Waals surface area contributed by atoms with Crippen molar-refractivity contribution >= 4 is 33.0 Å². The van der Waals surface area contributed by atoms with Crippen LogP contribution in [0.1, 0.15) is 17.7 Å². The van der Waals surface area contributed by atoms with Gasteiger partial charge in [0.15, 0.2) is 0 Å². The first kappa shape index (κ1) is 8.30. The lowest BCUT2D eigenvalue weighted by atomic mass is 10.0. The molecule has 0 amide bonds. The van der Waals surface area contributed by atoms with Crippen molar-refractivity contribution in [3.05, 3.63) is 40.1 Å². The normalized spacial score (nSPS) is 14.6. The highest BCUT2D eigenvalue weighted by molar-refractivity contribution is 9.10. The number of hydrogen-bond acceptors (Lipinski definition) is 1. The van der Waals surface area contributed by atoms with Gasteiger partial charge in [-0.25, -0.2) is 0 Å². The summed E-state index contributed by atoms with van der Waals surface area (Å²) in [5.74, 6) is 1.03. The summed E-state index contributed by atoms with van der Waals surface area (Å²) in [4.78, 5) is 0. The predicted molar refractivity (Wildman–Crippen MR) is 61.3 cm³/mol. The largest absolute Gasteiger partial charge is 0.456 e. The molecule has 0 saturated carbocycles.